The lowest BCUT2D eigenvalue weighted by atomic mass is 10.1. The zero-order valence-corrected chi connectivity index (χ0v) is 16.1. The quantitative estimate of drug-likeness (QED) is 0.534. The second-order valence-electron chi connectivity index (χ2n) is 6.09. The Morgan fingerprint density at radius 2 is 1.71 bits per heavy atom. The Labute approximate surface area is 161 Å². The molecule has 0 aliphatic heterocycles. The lowest BCUT2D eigenvalue weighted by Gasteiger charge is -2.13. The van der Waals surface area contributed by atoms with Crippen molar-refractivity contribution in [2.45, 2.75) is 40.4 Å². The standard InChI is InChI=1S/C18H17F3N4O.C2H6/c1-9-3-15-14(7-16(9)26)17(25-10(2)24-15)23-8-11-4-12(18(19,20)21)6-13(22)5-11;1-2/h3-7,26H,8,22H2,1-2H3,(H,23,24,25);1-2H3. The fraction of sp³-hybridized carbons (Fsp3) is 0.300. The van der Waals surface area contributed by atoms with Crippen LogP contribution in [-0.2, 0) is 12.7 Å². The Bertz CT molecular complexity index is 987. The maximum Gasteiger partial charge on any atom is 0.416 e. The van der Waals surface area contributed by atoms with Gasteiger partial charge in [-0.1, -0.05) is 13.8 Å². The van der Waals surface area contributed by atoms with Gasteiger partial charge in [0.1, 0.15) is 17.4 Å². The first-order valence-corrected chi connectivity index (χ1v) is 8.82. The molecule has 3 rings (SSSR count). The summed E-state index contributed by atoms with van der Waals surface area (Å²) >= 11 is 0. The number of aromatic nitrogens is 2. The number of nitrogens with two attached hydrogens (primary N) is 1. The topological polar surface area (TPSA) is 84.1 Å². The molecule has 0 atom stereocenters. The SMILES string of the molecule is CC.Cc1nc(NCc2cc(N)cc(C(F)(F)F)c2)c2cc(O)c(C)cc2n1. The number of nitrogen functional groups attached to an aromatic ring is 1. The average molecular weight is 392 g/mol. The van der Waals surface area contributed by atoms with Crippen molar-refractivity contribution >= 4 is 22.4 Å². The monoisotopic (exact) mass is 392 g/mol. The van der Waals surface area contributed by atoms with Crippen molar-refractivity contribution in [3.63, 3.8) is 0 Å². The number of rotatable bonds is 3. The van der Waals surface area contributed by atoms with Crippen molar-refractivity contribution in [3.05, 3.63) is 52.8 Å². The average Bonchev–Trinajstić information content (AvgIpc) is 2.62. The number of nitrogens with zero attached hydrogens (tertiary/aromatic N) is 2. The van der Waals surface area contributed by atoms with Crippen molar-refractivity contribution in [2.24, 2.45) is 0 Å². The van der Waals surface area contributed by atoms with E-state index in [1.54, 1.807) is 19.9 Å². The number of halogens is 3. The minimum Gasteiger partial charge on any atom is -0.508 e. The summed E-state index contributed by atoms with van der Waals surface area (Å²) in [5.74, 6) is 1.03. The lowest BCUT2D eigenvalue weighted by molar-refractivity contribution is -0.137. The Hall–Kier alpha value is -3.03. The van der Waals surface area contributed by atoms with Crippen molar-refractivity contribution < 1.29 is 18.3 Å². The van der Waals surface area contributed by atoms with Gasteiger partial charge in [0.2, 0.25) is 0 Å². The molecule has 3 aromatic rings. The molecule has 0 aliphatic carbocycles. The summed E-state index contributed by atoms with van der Waals surface area (Å²) in [6.45, 7) is 7.56. The molecule has 0 bridgehead atoms. The van der Waals surface area contributed by atoms with E-state index in [2.05, 4.69) is 15.3 Å². The normalized spacial score (nSPS) is 11.1. The van der Waals surface area contributed by atoms with Crippen LogP contribution in [0, 0.1) is 13.8 Å². The van der Waals surface area contributed by atoms with E-state index in [1.807, 2.05) is 13.8 Å². The Balaban J connectivity index is 0.00000136. The summed E-state index contributed by atoms with van der Waals surface area (Å²) in [6.07, 6.45) is -4.47. The number of hydrogen-bond acceptors (Lipinski definition) is 5. The minimum absolute atomic E-state index is 0.0358. The van der Waals surface area contributed by atoms with Crippen LogP contribution in [0.25, 0.3) is 10.9 Å². The molecular weight excluding hydrogens is 369 g/mol. The van der Waals surface area contributed by atoms with Crippen LogP contribution in [-0.4, -0.2) is 15.1 Å². The molecule has 28 heavy (non-hydrogen) atoms. The van der Waals surface area contributed by atoms with E-state index in [4.69, 9.17) is 5.73 Å². The molecule has 0 saturated carbocycles. The van der Waals surface area contributed by atoms with Gasteiger partial charge < -0.3 is 16.2 Å². The number of phenols is 1. The number of benzene rings is 2. The molecule has 4 N–H and O–H groups in total. The Morgan fingerprint density at radius 1 is 1.04 bits per heavy atom. The molecule has 2 aromatic carbocycles. The first kappa shape index (κ1) is 21.3. The van der Waals surface area contributed by atoms with Crippen molar-refractivity contribution in [1.82, 2.24) is 9.97 Å². The van der Waals surface area contributed by atoms with Crippen LogP contribution in [0.2, 0.25) is 0 Å². The fourth-order valence-electron chi connectivity index (χ4n) is 2.69. The van der Waals surface area contributed by atoms with Crippen molar-refractivity contribution in [2.75, 3.05) is 11.1 Å². The molecule has 8 heteroatoms. The number of phenolic OH excluding ortho intramolecular Hbond substituents is 1. The van der Waals surface area contributed by atoms with Crippen LogP contribution >= 0.6 is 0 Å². The number of hydrogen-bond donors (Lipinski definition) is 3. The van der Waals surface area contributed by atoms with Gasteiger partial charge in [0.25, 0.3) is 0 Å². The maximum absolute atomic E-state index is 12.9. The van der Waals surface area contributed by atoms with Gasteiger partial charge in [0, 0.05) is 17.6 Å². The molecule has 1 aromatic heterocycles. The Kier molecular flexibility index (Phi) is 6.33. The third-order valence-electron chi connectivity index (χ3n) is 3.93. The molecule has 0 fully saturated rings. The highest BCUT2D eigenvalue weighted by Crippen LogP contribution is 2.32. The van der Waals surface area contributed by atoms with E-state index in [0.29, 0.717) is 33.7 Å². The van der Waals surface area contributed by atoms with Crippen LogP contribution in [0.3, 0.4) is 0 Å². The molecule has 0 aliphatic rings. The zero-order valence-electron chi connectivity index (χ0n) is 16.1. The Morgan fingerprint density at radius 3 is 2.36 bits per heavy atom. The van der Waals surface area contributed by atoms with E-state index in [-0.39, 0.29) is 18.0 Å². The summed E-state index contributed by atoms with van der Waals surface area (Å²) in [6, 6.07) is 6.68. The number of nitrogens with one attached hydrogen (secondary N) is 1. The van der Waals surface area contributed by atoms with E-state index in [9.17, 15) is 18.3 Å². The fourth-order valence-corrected chi connectivity index (χ4v) is 2.69. The largest absolute Gasteiger partial charge is 0.508 e. The number of aryl methyl sites for hydroxylation is 2. The molecule has 0 amide bonds. The predicted molar refractivity (Wildman–Crippen MR) is 105 cm³/mol. The molecule has 0 radical (unpaired) electrons. The van der Waals surface area contributed by atoms with Gasteiger partial charge in [-0.2, -0.15) is 13.2 Å². The van der Waals surface area contributed by atoms with Gasteiger partial charge >= 0.3 is 6.18 Å². The molecule has 0 spiro atoms. The first-order chi connectivity index (χ1) is 13.1. The second kappa shape index (κ2) is 8.33. The lowest BCUT2D eigenvalue weighted by Crippen LogP contribution is -2.09. The van der Waals surface area contributed by atoms with Crippen LogP contribution in [0.15, 0.2) is 30.3 Å². The smallest absolute Gasteiger partial charge is 0.416 e. The maximum atomic E-state index is 12.9. The van der Waals surface area contributed by atoms with Crippen molar-refractivity contribution in [1.29, 1.82) is 0 Å². The van der Waals surface area contributed by atoms with Crippen LogP contribution in [0.4, 0.5) is 24.7 Å². The molecule has 0 unspecified atom stereocenters. The van der Waals surface area contributed by atoms with E-state index >= 15 is 0 Å². The van der Waals surface area contributed by atoms with Crippen molar-refractivity contribution in [3.8, 4) is 5.75 Å². The number of fused-ring (bicyclic) bond motifs is 1. The summed E-state index contributed by atoms with van der Waals surface area (Å²) in [4.78, 5) is 8.62. The van der Waals surface area contributed by atoms with Gasteiger partial charge in [-0.3, -0.25) is 0 Å². The van der Waals surface area contributed by atoms with Gasteiger partial charge in [-0.15, -0.1) is 0 Å². The number of aromatic hydroxyl groups is 1. The van der Waals surface area contributed by atoms with Gasteiger partial charge in [0.15, 0.2) is 0 Å². The van der Waals surface area contributed by atoms with Gasteiger partial charge in [0.05, 0.1) is 11.1 Å². The minimum atomic E-state index is -4.47. The van der Waals surface area contributed by atoms with E-state index < -0.39 is 11.7 Å². The summed E-state index contributed by atoms with van der Waals surface area (Å²) in [7, 11) is 0. The van der Waals surface area contributed by atoms with Crippen LogP contribution in [0.5, 0.6) is 5.75 Å². The molecule has 0 saturated heterocycles. The third kappa shape index (κ3) is 4.82. The summed E-state index contributed by atoms with van der Waals surface area (Å²) in [5.41, 5.74) is 6.51. The number of alkyl halides is 3. The van der Waals surface area contributed by atoms with Crippen LogP contribution in [0.1, 0.15) is 36.4 Å². The third-order valence-corrected chi connectivity index (χ3v) is 3.93. The molecule has 1 heterocycles. The highest BCUT2D eigenvalue weighted by Gasteiger charge is 2.31. The molecular formula is C20H23F3N4O. The second-order valence-corrected chi connectivity index (χ2v) is 6.09. The highest BCUT2D eigenvalue weighted by atomic mass is 19.4. The van der Waals surface area contributed by atoms with Gasteiger partial charge in [-0.25, -0.2) is 9.97 Å². The highest BCUT2D eigenvalue weighted by molar-refractivity contribution is 5.91. The van der Waals surface area contributed by atoms with E-state index in [1.165, 1.54) is 12.1 Å². The summed E-state index contributed by atoms with van der Waals surface area (Å²) < 4.78 is 38.8. The molecule has 150 valence electrons. The van der Waals surface area contributed by atoms with E-state index in [0.717, 1.165) is 12.1 Å². The first-order valence-electron chi connectivity index (χ1n) is 8.82. The van der Waals surface area contributed by atoms with Gasteiger partial charge in [-0.05, 0) is 55.3 Å². The van der Waals surface area contributed by atoms with Crippen LogP contribution < -0.4 is 11.1 Å². The summed E-state index contributed by atoms with van der Waals surface area (Å²) in [5, 5.41) is 13.5. The zero-order chi connectivity index (χ0) is 21.1. The number of anilines is 2. The predicted octanol–water partition coefficient (Wildman–Crippen LogP) is 5.19. The molecule has 5 nitrogen and oxygen atoms in total.